The molecular formula is C56H64N6O15. The fraction of sp³-hybridized carbons (Fsp3) is 0.429. The van der Waals surface area contributed by atoms with Crippen LogP contribution in [0, 0.1) is 29.6 Å². The summed E-state index contributed by atoms with van der Waals surface area (Å²) in [5.41, 5.74) is 4.85. The lowest BCUT2D eigenvalue weighted by molar-refractivity contribution is -0.151. The first kappa shape index (κ1) is 54.4. The van der Waals surface area contributed by atoms with Gasteiger partial charge in [-0.05, 0) is 118 Å². The number of benzene rings is 3. The number of carbonyl (C=O) groups is 6. The highest BCUT2D eigenvalue weighted by Gasteiger charge is 2.66. The Labute approximate surface area is 443 Å². The molecule has 9 rings (SSSR count). The largest absolute Gasteiger partial charge is 0.510 e. The summed E-state index contributed by atoms with van der Waals surface area (Å²) in [7, 11) is 7.47. The van der Waals surface area contributed by atoms with E-state index in [0.717, 1.165) is 11.5 Å². The van der Waals surface area contributed by atoms with Crippen molar-refractivity contribution in [2.45, 2.75) is 82.4 Å². The number of nitrogens with one attached hydrogen (secondary N) is 1. The van der Waals surface area contributed by atoms with E-state index in [1.807, 2.05) is 13.8 Å². The number of phenols is 2. The second kappa shape index (κ2) is 19.6. The number of anilines is 1. The van der Waals surface area contributed by atoms with Crippen LogP contribution in [-0.2, 0) is 50.0 Å². The number of hydrogen-bond donors (Lipinski definition) is 11. The molecule has 0 radical (unpaired) electrons. The van der Waals surface area contributed by atoms with E-state index in [9.17, 15) is 60.0 Å². The first-order valence-electron chi connectivity index (χ1n) is 25.4. The van der Waals surface area contributed by atoms with E-state index in [1.165, 1.54) is 43.1 Å². The van der Waals surface area contributed by atoms with Gasteiger partial charge in [0.15, 0.2) is 28.5 Å². The van der Waals surface area contributed by atoms with Crippen LogP contribution in [0.3, 0.4) is 0 Å². The normalized spacial score (nSPS) is 27.3. The van der Waals surface area contributed by atoms with Gasteiger partial charge in [-0.1, -0.05) is 50.6 Å². The number of rotatable bonds is 14. The van der Waals surface area contributed by atoms with Crippen LogP contribution in [0.4, 0.5) is 5.69 Å². The quantitative estimate of drug-likeness (QED) is 0.0815. The number of hydroxylamine groups is 1. The standard InChI is InChI=1S/C56H64N6O15/c1-8-23(2)20-59-21-28-19-34(31-16-26-17-32-42(60(3)4)47(68)40(53(57)73)50(71)55(32,75)49(70)36(26)45(66)39(31)44(28)65)62(7)77-52-37-27(18-33-43(61(5)6)48(69)41(54(58)74)51(72)56(33,52)76)15-30-29(13-14-35(64)38(30)46(37)67)25-11-9-24(22-63)10-12-25/h9-14,19,23,26-27,32-33,42-43,59,63-65,68-70,75-76H,8,15-18,20-22H2,1-7H3,(H2,57,73)(H2,58,74)/t23?,26-,27-,32-,33-,42-,43?,55-,56+/m0/s1. The molecule has 0 bridgehead atoms. The predicted octanol–water partition coefficient (Wildman–Crippen LogP) is 2.36. The Hall–Kier alpha value is -7.40. The third kappa shape index (κ3) is 8.12. The molecule has 6 aliphatic carbocycles. The van der Waals surface area contributed by atoms with Crippen molar-refractivity contribution in [1.29, 1.82) is 0 Å². The first-order chi connectivity index (χ1) is 36.3. The van der Waals surface area contributed by atoms with Crippen LogP contribution in [0.5, 0.6) is 11.5 Å². The first-order valence-corrected chi connectivity index (χ1v) is 25.4. The number of likely N-dealkylation sites (N-methyl/N-ethyl adjacent to an activating group) is 2. The number of primary amides is 2. The average molecular weight is 1060 g/mol. The van der Waals surface area contributed by atoms with Crippen LogP contribution >= 0.6 is 0 Å². The lowest BCUT2D eigenvalue weighted by Crippen LogP contribution is -2.64. The molecule has 9 atom stereocenters. The number of fused-ring (bicyclic) bond motifs is 6. The van der Waals surface area contributed by atoms with Crippen molar-refractivity contribution in [3.05, 3.63) is 121 Å². The minimum atomic E-state index is -2.93. The highest BCUT2D eigenvalue weighted by molar-refractivity contribution is 6.26. The van der Waals surface area contributed by atoms with Crippen molar-refractivity contribution in [3.63, 3.8) is 0 Å². The van der Waals surface area contributed by atoms with Crippen molar-refractivity contribution in [2.24, 2.45) is 41.1 Å². The fourth-order valence-corrected chi connectivity index (χ4v) is 13.0. The monoisotopic (exact) mass is 1060 g/mol. The van der Waals surface area contributed by atoms with Gasteiger partial charge >= 0.3 is 0 Å². The molecule has 0 aromatic heterocycles. The van der Waals surface area contributed by atoms with Gasteiger partial charge in [0.05, 0.1) is 35.5 Å². The molecule has 0 heterocycles. The molecule has 408 valence electrons. The number of allylic oxidation sites excluding steroid dienone is 2. The van der Waals surface area contributed by atoms with Crippen molar-refractivity contribution in [2.75, 3.05) is 46.8 Å². The van der Waals surface area contributed by atoms with Gasteiger partial charge in [-0.15, -0.1) is 0 Å². The summed E-state index contributed by atoms with van der Waals surface area (Å²) in [5.74, 6) is -16.0. The maximum Gasteiger partial charge on any atom is 0.255 e. The van der Waals surface area contributed by atoms with E-state index in [1.54, 1.807) is 44.4 Å². The Balaban J connectivity index is 1.25. The zero-order chi connectivity index (χ0) is 56.2. The van der Waals surface area contributed by atoms with E-state index < -0.39 is 133 Å². The summed E-state index contributed by atoms with van der Waals surface area (Å²) in [5, 5.41) is 98.8. The SMILES string of the molecule is CCC(C)CNCc1cc(N(C)OC2=C3C(=O)c4c(O)ccc(-c5ccc(CO)cc5)c4C[C@H]3C[C@H]3C(N(C)C)C(O)=C(C(N)=O)C(=O)[C@@]23O)c2c(c1O)C(=O)C1=C(O)[C@]3(O)C(=O)C(C(N)=O)=C(O)[C@@H](N(C)C)[C@@H]3C[C@@H]1C2. The number of carbonyl (C=O) groups excluding carboxylic acids is 6. The second-order valence-electron chi connectivity index (χ2n) is 21.7. The second-order valence-corrected chi connectivity index (χ2v) is 21.7. The molecule has 0 aliphatic heterocycles. The lowest BCUT2D eigenvalue weighted by Gasteiger charge is -2.51. The number of phenolic OH excluding ortho intramolecular Hbond substituents is 2. The molecule has 2 amide bonds. The topological polar surface area (TPSA) is 347 Å². The molecule has 21 nitrogen and oxygen atoms in total. The molecule has 0 spiro atoms. The Morgan fingerprint density at radius 1 is 0.753 bits per heavy atom. The summed E-state index contributed by atoms with van der Waals surface area (Å²) in [4.78, 5) is 95.2. The lowest BCUT2D eigenvalue weighted by atomic mass is 9.58. The summed E-state index contributed by atoms with van der Waals surface area (Å²) < 4.78 is 0. The molecule has 77 heavy (non-hydrogen) atoms. The van der Waals surface area contributed by atoms with Gasteiger partial charge in [-0.25, -0.2) is 5.06 Å². The zero-order valence-corrected chi connectivity index (χ0v) is 43.7. The third-order valence-electron chi connectivity index (χ3n) is 16.9. The molecule has 0 fully saturated rings. The van der Waals surface area contributed by atoms with Crippen molar-refractivity contribution >= 4 is 40.6 Å². The highest BCUT2D eigenvalue weighted by atomic mass is 16.7. The number of ketones is 4. The minimum absolute atomic E-state index is 0.0254. The van der Waals surface area contributed by atoms with Crippen LogP contribution < -0.4 is 21.8 Å². The number of nitrogens with two attached hydrogens (primary N) is 2. The maximum absolute atomic E-state index is 15.4. The average Bonchev–Trinajstić information content (AvgIpc) is 3.37. The Morgan fingerprint density at radius 2 is 1.29 bits per heavy atom. The Morgan fingerprint density at radius 3 is 1.83 bits per heavy atom. The maximum atomic E-state index is 15.4. The summed E-state index contributed by atoms with van der Waals surface area (Å²) in [6, 6.07) is 8.87. The highest BCUT2D eigenvalue weighted by Crippen LogP contribution is 2.57. The van der Waals surface area contributed by atoms with Gasteiger partial charge in [-0.2, -0.15) is 0 Å². The number of aliphatic hydroxyl groups is 6. The van der Waals surface area contributed by atoms with Crippen LogP contribution in [0.25, 0.3) is 11.1 Å². The summed E-state index contributed by atoms with van der Waals surface area (Å²) >= 11 is 0. The molecule has 0 saturated carbocycles. The summed E-state index contributed by atoms with van der Waals surface area (Å²) in [6.07, 6.45) is 0.184. The van der Waals surface area contributed by atoms with Gasteiger partial charge in [0, 0.05) is 42.1 Å². The van der Waals surface area contributed by atoms with Gasteiger partial charge < -0.3 is 62.5 Å². The molecule has 6 aliphatic rings. The number of aliphatic hydroxyl groups excluding tert-OH is 4. The molecule has 0 saturated heterocycles. The van der Waals surface area contributed by atoms with Crippen molar-refractivity contribution in [1.82, 2.24) is 15.1 Å². The van der Waals surface area contributed by atoms with Crippen LogP contribution in [0.15, 0.2) is 87.8 Å². The third-order valence-corrected chi connectivity index (χ3v) is 16.9. The van der Waals surface area contributed by atoms with E-state index in [-0.39, 0.29) is 78.3 Å². The fourth-order valence-electron chi connectivity index (χ4n) is 13.0. The Bertz CT molecular complexity index is 3230. The van der Waals surface area contributed by atoms with Crippen LogP contribution in [-0.4, -0.2) is 151 Å². The number of hydrogen-bond acceptors (Lipinski definition) is 19. The smallest absolute Gasteiger partial charge is 0.255 e. The molecule has 2 unspecified atom stereocenters. The van der Waals surface area contributed by atoms with Crippen molar-refractivity contribution < 1.29 is 74.5 Å². The number of Topliss-reactive ketones (excluding diaryl/α,β-unsaturated/α-hetero) is 4. The minimum Gasteiger partial charge on any atom is -0.510 e. The number of amides is 2. The van der Waals surface area contributed by atoms with E-state index >= 15 is 9.59 Å². The zero-order valence-electron chi connectivity index (χ0n) is 43.7. The van der Waals surface area contributed by atoms with Gasteiger partial charge in [0.2, 0.25) is 11.6 Å². The molecule has 3 aromatic rings. The summed E-state index contributed by atoms with van der Waals surface area (Å²) in [6.45, 7) is 4.16. The molecular weight excluding hydrogens is 997 g/mol. The van der Waals surface area contributed by atoms with Crippen LogP contribution in [0.1, 0.15) is 76.1 Å². The van der Waals surface area contributed by atoms with E-state index in [0.29, 0.717) is 28.8 Å². The van der Waals surface area contributed by atoms with Crippen LogP contribution in [0.2, 0.25) is 0 Å². The van der Waals surface area contributed by atoms with Gasteiger partial charge in [0.25, 0.3) is 11.8 Å². The van der Waals surface area contributed by atoms with E-state index in [4.69, 9.17) is 16.3 Å². The Kier molecular flexibility index (Phi) is 13.8. The number of aromatic hydroxyl groups is 2. The van der Waals surface area contributed by atoms with Gasteiger partial charge in [-0.3, -0.25) is 38.6 Å². The molecule has 3 aromatic carbocycles. The number of nitrogens with zero attached hydrogens (tertiary/aromatic N) is 3. The van der Waals surface area contributed by atoms with Crippen molar-refractivity contribution in [3.8, 4) is 22.6 Å². The predicted molar refractivity (Wildman–Crippen MR) is 277 cm³/mol. The molecule has 13 N–H and O–H groups in total. The van der Waals surface area contributed by atoms with Gasteiger partial charge in [0.1, 0.15) is 39.9 Å². The molecule has 21 heteroatoms. The van der Waals surface area contributed by atoms with E-state index in [2.05, 4.69) is 5.32 Å².